The summed E-state index contributed by atoms with van der Waals surface area (Å²) in [5.41, 5.74) is 0.717. The van der Waals surface area contributed by atoms with Gasteiger partial charge in [-0.05, 0) is 49.9 Å². The van der Waals surface area contributed by atoms with Gasteiger partial charge in [-0.1, -0.05) is 6.92 Å². The van der Waals surface area contributed by atoms with E-state index in [1.165, 1.54) is 6.42 Å². The van der Waals surface area contributed by atoms with E-state index >= 15 is 0 Å². The lowest BCUT2D eigenvalue weighted by atomic mass is 10.1. The van der Waals surface area contributed by atoms with Gasteiger partial charge in [0, 0.05) is 47.3 Å². The molecule has 0 aromatic heterocycles. The minimum Gasteiger partial charge on any atom is -0.376 e. The molecule has 23 heavy (non-hydrogen) atoms. The largest absolute Gasteiger partial charge is 0.376 e. The molecule has 1 saturated heterocycles. The van der Waals surface area contributed by atoms with E-state index in [-0.39, 0.29) is 12.1 Å². The summed E-state index contributed by atoms with van der Waals surface area (Å²) in [4.78, 5) is 15.1. The molecule has 2 rings (SSSR count). The second-order valence-electron chi connectivity index (χ2n) is 5.84. The Hall–Kier alpha value is -1.40. The average molecular weight is 338 g/mol. The van der Waals surface area contributed by atoms with Crippen molar-refractivity contribution in [1.29, 1.82) is 0 Å². The number of ether oxygens (including phenoxy) is 1. The Labute approximate surface area is 140 Å². The molecule has 1 heterocycles. The topological polar surface area (TPSA) is 58.6 Å². The first-order chi connectivity index (χ1) is 11.1. The molecule has 5 nitrogen and oxygen atoms in total. The fourth-order valence-corrected chi connectivity index (χ4v) is 3.19. The number of hydrogen-bond donors (Lipinski definition) is 1. The van der Waals surface area contributed by atoms with Gasteiger partial charge in [0.25, 0.3) is 0 Å². The van der Waals surface area contributed by atoms with Crippen LogP contribution in [0.3, 0.4) is 0 Å². The van der Waals surface area contributed by atoms with Crippen molar-refractivity contribution < 1.29 is 13.7 Å². The zero-order chi connectivity index (χ0) is 16.7. The fraction of sp³-hybridized carbons (Fsp3) is 0.588. The smallest absolute Gasteiger partial charge is 0.321 e. The quantitative estimate of drug-likeness (QED) is 0.866. The summed E-state index contributed by atoms with van der Waals surface area (Å²) in [6.07, 6.45) is 5.99. The molecule has 1 aliphatic rings. The molecule has 6 heteroatoms. The third-order valence-corrected chi connectivity index (χ3v) is 4.85. The molecule has 1 aromatic carbocycles. The maximum absolute atomic E-state index is 12.5. The van der Waals surface area contributed by atoms with E-state index < -0.39 is 10.8 Å². The number of rotatable bonds is 6. The van der Waals surface area contributed by atoms with Crippen LogP contribution in [-0.4, -0.2) is 47.2 Å². The Kier molecular flexibility index (Phi) is 7.05. The van der Waals surface area contributed by atoms with E-state index in [1.54, 1.807) is 30.5 Å². The minimum atomic E-state index is -1.01. The number of hydrogen-bond acceptors (Lipinski definition) is 3. The van der Waals surface area contributed by atoms with Crippen molar-refractivity contribution >= 4 is 22.5 Å². The van der Waals surface area contributed by atoms with Gasteiger partial charge in [-0.15, -0.1) is 0 Å². The van der Waals surface area contributed by atoms with Crippen molar-refractivity contribution in [2.75, 3.05) is 31.3 Å². The highest BCUT2D eigenvalue weighted by atomic mass is 32.2. The number of anilines is 1. The molecule has 0 aliphatic carbocycles. The average Bonchev–Trinajstić information content (AvgIpc) is 2.56. The van der Waals surface area contributed by atoms with Crippen molar-refractivity contribution in [3.63, 3.8) is 0 Å². The predicted molar refractivity (Wildman–Crippen MR) is 93.2 cm³/mol. The van der Waals surface area contributed by atoms with Crippen LogP contribution >= 0.6 is 0 Å². The number of nitrogens with zero attached hydrogens (tertiary/aromatic N) is 1. The molecule has 1 aromatic rings. The van der Waals surface area contributed by atoms with Gasteiger partial charge in [0.1, 0.15) is 0 Å². The van der Waals surface area contributed by atoms with Crippen molar-refractivity contribution in [1.82, 2.24) is 4.90 Å². The first-order valence-corrected chi connectivity index (χ1v) is 9.77. The van der Waals surface area contributed by atoms with E-state index in [0.717, 1.165) is 36.5 Å². The van der Waals surface area contributed by atoms with E-state index in [9.17, 15) is 9.00 Å². The monoisotopic (exact) mass is 338 g/mol. The van der Waals surface area contributed by atoms with Gasteiger partial charge >= 0.3 is 6.03 Å². The highest BCUT2D eigenvalue weighted by Crippen LogP contribution is 2.16. The van der Waals surface area contributed by atoms with Crippen molar-refractivity contribution in [2.24, 2.45) is 0 Å². The Morgan fingerprint density at radius 3 is 2.65 bits per heavy atom. The zero-order valence-corrected chi connectivity index (χ0v) is 14.7. The Morgan fingerprint density at radius 2 is 2.09 bits per heavy atom. The van der Waals surface area contributed by atoms with E-state index in [2.05, 4.69) is 12.2 Å². The normalized spacial score (nSPS) is 19.1. The standard InChI is InChI=1S/C17H26N2O3S/c1-3-11-19(13-15-6-4-5-12-22-15)17(20)18-14-7-9-16(10-8-14)23(2)21/h7-10,15H,3-6,11-13H2,1-2H3,(H,18,20)/t15-,23-/m1/s1. The van der Waals surface area contributed by atoms with Crippen LogP contribution in [0, 0.1) is 0 Å². The van der Waals surface area contributed by atoms with Crippen LogP contribution in [0.5, 0.6) is 0 Å². The minimum absolute atomic E-state index is 0.105. The second kappa shape index (κ2) is 9.03. The zero-order valence-electron chi connectivity index (χ0n) is 13.9. The lowest BCUT2D eigenvalue weighted by Crippen LogP contribution is -2.42. The second-order valence-corrected chi connectivity index (χ2v) is 7.22. The van der Waals surface area contributed by atoms with Crippen molar-refractivity contribution in [3.8, 4) is 0 Å². The Bertz CT molecular complexity index is 527. The summed E-state index contributed by atoms with van der Waals surface area (Å²) < 4.78 is 17.1. The molecule has 1 N–H and O–H groups in total. The molecule has 128 valence electrons. The van der Waals surface area contributed by atoms with Crippen molar-refractivity contribution in [2.45, 2.75) is 43.6 Å². The summed E-state index contributed by atoms with van der Waals surface area (Å²) in [6, 6.07) is 7.03. The number of carbonyl (C=O) groups excluding carboxylic acids is 1. The predicted octanol–water partition coefficient (Wildman–Crippen LogP) is 3.24. The lowest BCUT2D eigenvalue weighted by molar-refractivity contribution is 0.00162. The third kappa shape index (κ3) is 5.62. The highest BCUT2D eigenvalue weighted by molar-refractivity contribution is 7.84. The summed E-state index contributed by atoms with van der Waals surface area (Å²) in [6.45, 7) is 4.20. The van der Waals surface area contributed by atoms with Gasteiger partial charge in [0.05, 0.1) is 6.10 Å². The van der Waals surface area contributed by atoms with Gasteiger partial charge in [0.2, 0.25) is 0 Å². The summed E-state index contributed by atoms with van der Waals surface area (Å²) in [5, 5.41) is 2.92. The molecule has 2 amide bonds. The van der Waals surface area contributed by atoms with Crippen LogP contribution < -0.4 is 5.32 Å². The van der Waals surface area contributed by atoms with Crippen molar-refractivity contribution in [3.05, 3.63) is 24.3 Å². The van der Waals surface area contributed by atoms with Crippen LogP contribution in [0.2, 0.25) is 0 Å². The fourth-order valence-electron chi connectivity index (χ4n) is 2.68. The number of amides is 2. The van der Waals surface area contributed by atoms with E-state index in [4.69, 9.17) is 4.74 Å². The molecule has 0 bridgehead atoms. The van der Waals surface area contributed by atoms with Crippen LogP contribution in [-0.2, 0) is 15.5 Å². The van der Waals surface area contributed by atoms with Gasteiger partial charge in [-0.25, -0.2) is 4.79 Å². The van der Waals surface area contributed by atoms with Crippen LogP contribution in [0.1, 0.15) is 32.6 Å². The van der Waals surface area contributed by atoms with E-state index in [0.29, 0.717) is 13.1 Å². The number of benzene rings is 1. The molecule has 0 unspecified atom stereocenters. The van der Waals surface area contributed by atoms with Gasteiger partial charge in [0.15, 0.2) is 0 Å². The SMILES string of the molecule is CCCN(C[C@H]1CCCCO1)C(=O)Nc1ccc([S@@](C)=O)cc1. The molecule has 1 aliphatic heterocycles. The molecular weight excluding hydrogens is 312 g/mol. The summed E-state index contributed by atoms with van der Waals surface area (Å²) in [7, 11) is -1.01. The molecule has 2 atom stereocenters. The van der Waals surface area contributed by atoms with Gasteiger partial charge in [-0.2, -0.15) is 0 Å². The van der Waals surface area contributed by atoms with E-state index in [1.807, 2.05) is 4.90 Å². The highest BCUT2D eigenvalue weighted by Gasteiger charge is 2.21. The summed E-state index contributed by atoms with van der Waals surface area (Å²) >= 11 is 0. The molecule has 0 radical (unpaired) electrons. The first-order valence-electron chi connectivity index (χ1n) is 8.21. The Balaban J connectivity index is 1.95. The lowest BCUT2D eigenvalue weighted by Gasteiger charge is -2.30. The molecular formula is C17H26N2O3S. The molecule has 1 fully saturated rings. The maximum atomic E-state index is 12.5. The van der Waals surface area contributed by atoms with Gasteiger partial charge < -0.3 is 15.0 Å². The summed E-state index contributed by atoms with van der Waals surface area (Å²) in [5.74, 6) is 0. The molecule has 0 spiro atoms. The van der Waals surface area contributed by atoms with Crippen LogP contribution in [0.25, 0.3) is 0 Å². The third-order valence-electron chi connectivity index (χ3n) is 3.92. The number of nitrogens with one attached hydrogen (secondary N) is 1. The Morgan fingerprint density at radius 1 is 1.35 bits per heavy atom. The van der Waals surface area contributed by atoms with Crippen LogP contribution in [0.4, 0.5) is 10.5 Å². The number of urea groups is 1. The number of carbonyl (C=O) groups is 1. The van der Waals surface area contributed by atoms with Gasteiger partial charge in [-0.3, -0.25) is 4.21 Å². The maximum Gasteiger partial charge on any atom is 0.321 e. The molecule has 0 saturated carbocycles. The first kappa shape index (κ1) is 17.9. The van der Waals surface area contributed by atoms with Crippen LogP contribution in [0.15, 0.2) is 29.2 Å².